The summed E-state index contributed by atoms with van der Waals surface area (Å²) in [4.78, 5) is 13.1. The third-order valence-corrected chi connectivity index (χ3v) is 3.54. The molecule has 1 aromatic rings. The normalized spacial score (nSPS) is 13.9. The first-order chi connectivity index (χ1) is 8.00. The van der Waals surface area contributed by atoms with Gasteiger partial charge in [0.05, 0.1) is 11.7 Å². The molecule has 6 heteroatoms. The van der Waals surface area contributed by atoms with E-state index < -0.39 is 0 Å². The summed E-state index contributed by atoms with van der Waals surface area (Å²) >= 11 is 1.80. The molecule has 0 fully saturated rings. The van der Waals surface area contributed by atoms with Crippen molar-refractivity contribution in [2.24, 2.45) is 0 Å². The Bertz CT molecular complexity index is 440. The van der Waals surface area contributed by atoms with Crippen LogP contribution in [0.2, 0.25) is 0 Å². The lowest BCUT2D eigenvalue weighted by Crippen LogP contribution is -2.27. The molecule has 0 N–H and O–H groups in total. The number of amides is 1. The number of fused-ring (bicyclic) bond motifs is 1. The van der Waals surface area contributed by atoms with Gasteiger partial charge in [-0.1, -0.05) is 0 Å². The van der Waals surface area contributed by atoms with Crippen molar-refractivity contribution in [1.29, 1.82) is 0 Å². The first-order valence-corrected chi connectivity index (χ1v) is 6.73. The molecule has 0 saturated carbocycles. The molecule has 1 aliphatic heterocycles. The molecule has 0 aliphatic carbocycles. The predicted molar refractivity (Wildman–Crippen MR) is 67.3 cm³/mol. The number of ether oxygens (including phenoxy) is 1. The van der Waals surface area contributed by atoms with Crippen LogP contribution in [0.5, 0.6) is 5.88 Å². The molecule has 0 saturated heterocycles. The molecule has 1 aliphatic rings. The summed E-state index contributed by atoms with van der Waals surface area (Å²) in [6.07, 6.45) is -0.355. The van der Waals surface area contributed by atoms with Crippen molar-refractivity contribution in [2.45, 2.75) is 31.4 Å². The third-order valence-electron chi connectivity index (χ3n) is 2.57. The topological polar surface area (TPSA) is 47.4 Å². The van der Waals surface area contributed by atoms with E-state index >= 15 is 0 Å². The highest BCUT2D eigenvalue weighted by molar-refractivity contribution is 7.98. The Morgan fingerprint density at radius 2 is 2.18 bits per heavy atom. The lowest BCUT2D eigenvalue weighted by Gasteiger charge is -2.15. The van der Waals surface area contributed by atoms with Crippen LogP contribution in [-0.4, -0.2) is 34.9 Å². The SMILES string of the molecule is CC(C)n1nc2c(c1OC(=O)N(C)C)CSC2. The number of hydrogen-bond acceptors (Lipinski definition) is 4. The zero-order valence-corrected chi connectivity index (χ0v) is 11.4. The number of hydrogen-bond donors (Lipinski definition) is 0. The number of aromatic nitrogens is 2. The van der Waals surface area contributed by atoms with E-state index in [9.17, 15) is 4.79 Å². The van der Waals surface area contributed by atoms with E-state index in [4.69, 9.17) is 4.74 Å². The van der Waals surface area contributed by atoms with E-state index in [2.05, 4.69) is 5.10 Å². The lowest BCUT2D eigenvalue weighted by molar-refractivity contribution is 0.166. The molecule has 0 aromatic carbocycles. The van der Waals surface area contributed by atoms with Crippen LogP contribution in [0.25, 0.3) is 0 Å². The first kappa shape index (κ1) is 12.3. The van der Waals surface area contributed by atoms with Gasteiger partial charge in [-0.25, -0.2) is 9.48 Å². The molecule has 5 nitrogen and oxygen atoms in total. The number of carbonyl (C=O) groups excluding carboxylic acids is 1. The Kier molecular flexibility index (Phi) is 3.33. The van der Waals surface area contributed by atoms with Gasteiger partial charge in [0, 0.05) is 31.2 Å². The van der Waals surface area contributed by atoms with Gasteiger partial charge in [0.15, 0.2) is 0 Å². The van der Waals surface area contributed by atoms with Crippen LogP contribution in [0, 0.1) is 0 Å². The van der Waals surface area contributed by atoms with Crippen molar-refractivity contribution < 1.29 is 9.53 Å². The van der Waals surface area contributed by atoms with Crippen LogP contribution >= 0.6 is 11.8 Å². The molecule has 0 radical (unpaired) electrons. The maximum atomic E-state index is 11.6. The zero-order chi connectivity index (χ0) is 12.6. The van der Waals surface area contributed by atoms with E-state index in [-0.39, 0.29) is 12.1 Å². The Morgan fingerprint density at radius 3 is 2.76 bits per heavy atom. The number of thioether (sulfide) groups is 1. The third kappa shape index (κ3) is 2.26. The van der Waals surface area contributed by atoms with Gasteiger partial charge < -0.3 is 9.64 Å². The van der Waals surface area contributed by atoms with Crippen LogP contribution < -0.4 is 4.74 Å². The minimum Gasteiger partial charge on any atom is -0.391 e. The lowest BCUT2D eigenvalue weighted by atomic mass is 10.3. The maximum absolute atomic E-state index is 11.6. The number of rotatable bonds is 2. The maximum Gasteiger partial charge on any atom is 0.416 e. The monoisotopic (exact) mass is 255 g/mol. The Labute approximate surface area is 105 Å². The molecular formula is C11H17N3O2S. The summed E-state index contributed by atoms with van der Waals surface area (Å²) < 4.78 is 7.22. The highest BCUT2D eigenvalue weighted by Crippen LogP contribution is 2.37. The molecule has 0 spiro atoms. The molecule has 94 valence electrons. The van der Waals surface area contributed by atoms with E-state index in [1.165, 1.54) is 4.90 Å². The molecule has 0 unspecified atom stereocenters. The molecule has 17 heavy (non-hydrogen) atoms. The van der Waals surface area contributed by atoms with Gasteiger partial charge in [-0.05, 0) is 13.8 Å². The number of carbonyl (C=O) groups is 1. The Hall–Kier alpha value is -1.17. The average Bonchev–Trinajstić information content (AvgIpc) is 2.79. The van der Waals surface area contributed by atoms with E-state index in [0.29, 0.717) is 5.88 Å². The molecule has 1 amide bonds. The summed E-state index contributed by atoms with van der Waals surface area (Å²) in [5.41, 5.74) is 2.11. The summed E-state index contributed by atoms with van der Waals surface area (Å²) in [6.45, 7) is 4.06. The quantitative estimate of drug-likeness (QED) is 0.813. The Morgan fingerprint density at radius 1 is 1.47 bits per heavy atom. The summed E-state index contributed by atoms with van der Waals surface area (Å²) in [6, 6.07) is 0.190. The van der Waals surface area contributed by atoms with Crippen molar-refractivity contribution in [2.75, 3.05) is 14.1 Å². The van der Waals surface area contributed by atoms with Crippen LogP contribution in [0.3, 0.4) is 0 Å². The van der Waals surface area contributed by atoms with E-state index in [1.807, 2.05) is 13.8 Å². The second kappa shape index (κ2) is 4.60. The second-order valence-electron chi connectivity index (χ2n) is 4.52. The van der Waals surface area contributed by atoms with E-state index in [0.717, 1.165) is 22.8 Å². The fourth-order valence-corrected chi connectivity index (χ4v) is 2.66. The van der Waals surface area contributed by atoms with Crippen LogP contribution in [-0.2, 0) is 11.5 Å². The number of nitrogens with zero attached hydrogens (tertiary/aromatic N) is 3. The molecule has 0 bridgehead atoms. The standard InChI is InChI=1S/C11H17N3O2S/c1-7(2)14-10(16-11(15)13(3)4)8-5-17-6-9(8)12-14/h7H,5-6H2,1-4H3. The highest BCUT2D eigenvalue weighted by Gasteiger charge is 2.26. The minimum atomic E-state index is -0.355. The molecule has 1 aromatic heterocycles. The van der Waals surface area contributed by atoms with Gasteiger partial charge in [0.25, 0.3) is 0 Å². The van der Waals surface area contributed by atoms with Crippen molar-refractivity contribution >= 4 is 17.9 Å². The van der Waals surface area contributed by atoms with Gasteiger partial charge in [0.2, 0.25) is 5.88 Å². The average molecular weight is 255 g/mol. The van der Waals surface area contributed by atoms with E-state index in [1.54, 1.807) is 30.5 Å². The van der Waals surface area contributed by atoms with Crippen LogP contribution in [0.1, 0.15) is 31.1 Å². The van der Waals surface area contributed by atoms with Gasteiger partial charge in [-0.3, -0.25) is 0 Å². The van der Waals surface area contributed by atoms with Crippen molar-refractivity contribution in [3.8, 4) is 5.88 Å². The summed E-state index contributed by atoms with van der Waals surface area (Å²) in [7, 11) is 3.35. The van der Waals surface area contributed by atoms with Crippen molar-refractivity contribution in [3.05, 3.63) is 11.3 Å². The minimum absolute atomic E-state index is 0.190. The first-order valence-electron chi connectivity index (χ1n) is 5.57. The largest absolute Gasteiger partial charge is 0.416 e. The highest BCUT2D eigenvalue weighted by atomic mass is 32.2. The van der Waals surface area contributed by atoms with Gasteiger partial charge in [-0.15, -0.1) is 0 Å². The fourth-order valence-electron chi connectivity index (χ4n) is 1.64. The van der Waals surface area contributed by atoms with Crippen LogP contribution in [0.4, 0.5) is 4.79 Å². The predicted octanol–water partition coefficient (Wildman–Crippen LogP) is 2.27. The molecule has 2 heterocycles. The summed E-state index contributed by atoms with van der Waals surface area (Å²) in [5.74, 6) is 2.39. The molecule has 2 rings (SSSR count). The molecule has 0 atom stereocenters. The zero-order valence-electron chi connectivity index (χ0n) is 10.6. The van der Waals surface area contributed by atoms with Gasteiger partial charge in [0.1, 0.15) is 0 Å². The smallest absolute Gasteiger partial charge is 0.391 e. The van der Waals surface area contributed by atoms with Gasteiger partial charge in [-0.2, -0.15) is 16.9 Å². The summed E-state index contributed by atoms with van der Waals surface area (Å²) in [5, 5.41) is 4.50. The molecular weight excluding hydrogens is 238 g/mol. The van der Waals surface area contributed by atoms with Crippen LogP contribution in [0.15, 0.2) is 0 Å². The van der Waals surface area contributed by atoms with Crippen molar-refractivity contribution in [3.63, 3.8) is 0 Å². The Balaban J connectivity index is 2.33. The van der Waals surface area contributed by atoms with Gasteiger partial charge >= 0.3 is 6.09 Å². The second-order valence-corrected chi connectivity index (χ2v) is 5.51. The van der Waals surface area contributed by atoms with Crippen molar-refractivity contribution in [1.82, 2.24) is 14.7 Å². The fraction of sp³-hybridized carbons (Fsp3) is 0.636.